The quantitative estimate of drug-likeness (QED) is 0.486. The number of benzene rings is 1. The molecule has 16 heavy (non-hydrogen) atoms. The lowest BCUT2D eigenvalue weighted by atomic mass is 10.1. The number of rotatable bonds is 3. The highest BCUT2D eigenvalue weighted by atomic mass is 79.9. The minimum Gasteiger partial charge on any atom is -0.406 e. The van der Waals surface area contributed by atoms with Gasteiger partial charge in [0.1, 0.15) is 11.6 Å². The summed E-state index contributed by atoms with van der Waals surface area (Å²) in [5.41, 5.74) is -0.286. The van der Waals surface area contributed by atoms with Crippen LogP contribution in [0.3, 0.4) is 0 Å². The number of carbonyl (C=O) groups excluding carboxylic acids is 1. The molecule has 0 heterocycles. The first-order valence-electron chi connectivity index (χ1n) is 3.98. The molecule has 0 spiro atoms. The Hall–Kier alpha value is -1.11. The van der Waals surface area contributed by atoms with Gasteiger partial charge < -0.3 is 4.74 Å². The molecule has 0 atom stereocenters. The summed E-state index contributed by atoms with van der Waals surface area (Å²) in [5, 5.41) is -0.108. The van der Waals surface area contributed by atoms with Crippen LogP contribution < -0.4 is 4.74 Å². The second-order valence-corrected chi connectivity index (χ2v) is 3.31. The second kappa shape index (κ2) is 4.82. The topological polar surface area (TPSA) is 26.3 Å². The summed E-state index contributed by atoms with van der Waals surface area (Å²) in [6.45, 7) is 0. The molecule has 0 radical (unpaired) electrons. The van der Waals surface area contributed by atoms with Crippen molar-refractivity contribution in [3.63, 3.8) is 0 Å². The Morgan fingerprint density at radius 1 is 1.38 bits per heavy atom. The van der Waals surface area contributed by atoms with Crippen LogP contribution in [0.25, 0.3) is 0 Å². The average Bonchev–Trinajstić information content (AvgIpc) is 2.14. The summed E-state index contributed by atoms with van der Waals surface area (Å²) in [6.07, 6.45) is -4.88. The summed E-state index contributed by atoms with van der Waals surface area (Å²) in [5.74, 6) is -2.31. The summed E-state index contributed by atoms with van der Waals surface area (Å²) >= 11 is 2.83. The van der Waals surface area contributed by atoms with Crippen molar-refractivity contribution in [2.24, 2.45) is 0 Å². The lowest BCUT2D eigenvalue weighted by Gasteiger charge is -2.09. The number of ketones is 1. The molecule has 0 bridgehead atoms. The summed E-state index contributed by atoms with van der Waals surface area (Å²) in [7, 11) is 0. The first-order chi connectivity index (χ1) is 7.33. The molecule has 0 aliphatic rings. The molecule has 0 aliphatic carbocycles. The van der Waals surface area contributed by atoms with E-state index in [2.05, 4.69) is 20.7 Å². The van der Waals surface area contributed by atoms with Crippen LogP contribution in [0.5, 0.6) is 5.75 Å². The van der Waals surface area contributed by atoms with Gasteiger partial charge in [-0.15, -0.1) is 13.2 Å². The van der Waals surface area contributed by atoms with Crippen molar-refractivity contribution in [1.82, 2.24) is 0 Å². The Kier molecular flexibility index (Phi) is 3.90. The molecule has 1 aromatic carbocycles. The highest BCUT2D eigenvalue weighted by Crippen LogP contribution is 2.24. The number of Topliss-reactive ketones (excluding diaryl/α,β-unsaturated/α-hetero) is 1. The molecule has 0 saturated carbocycles. The van der Waals surface area contributed by atoms with Crippen LogP contribution in [-0.2, 0) is 0 Å². The van der Waals surface area contributed by atoms with E-state index in [1.807, 2.05) is 0 Å². The number of hydrogen-bond acceptors (Lipinski definition) is 2. The number of carbonyl (C=O) groups is 1. The van der Waals surface area contributed by atoms with Gasteiger partial charge in [0.05, 0.1) is 10.9 Å². The summed E-state index contributed by atoms with van der Waals surface area (Å²) < 4.78 is 52.0. The first-order valence-corrected chi connectivity index (χ1v) is 5.10. The smallest absolute Gasteiger partial charge is 0.406 e. The van der Waals surface area contributed by atoms with Crippen molar-refractivity contribution in [3.05, 3.63) is 29.6 Å². The van der Waals surface area contributed by atoms with Crippen molar-refractivity contribution >= 4 is 21.7 Å². The lowest BCUT2D eigenvalue weighted by molar-refractivity contribution is -0.274. The zero-order valence-electron chi connectivity index (χ0n) is 7.65. The third-order valence-electron chi connectivity index (χ3n) is 1.60. The van der Waals surface area contributed by atoms with E-state index in [0.717, 1.165) is 12.1 Å². The van der Waals surface area contributed by atoms with Crippen LogP contribution in [0.15, 0.2) is 18.2 Å². The molecule has 0 aromatic heterocycles. The van der Waals surface area contributed by atoms with E-state index in [9.17, 15) is 22.4 Å². The predicted molar refractivity (Wildman–Crippen MR) is 51.2 cm³/mol. The molecular formula is C9H5BrF4O2. The van der Waals surface area contributed by atoms with Gasteiger partial charge in [-0.3, -0.25) is 4.79 Å². The Morgan fingerprint density at radius 3 is 2.44 bits per heavy atom. The molecule has 7 heteroatoms. The average molecular weight is 301 g/mol. The van der Waals surface area contributed by atoms with Gasteiger partial charge in [-0.05, 0) is 12.1 Å². The number of halogens is 5. The van der Waals surface area contributed by atoms with Gasteiger partial charge in [-0.25, -0.2) is 4.39 Å². The van der Waals surface area contributed by atoms with E-state index in [1.54, 1.807) is 0 Å². The molecule has 1 aromatic rings. The van der Waals surface area contributed by atoms with Gasteiger partial charge in [0.15, 0.2) is 5.78 Å². The van der Waals surface area contributed by atoms with Crippen molar-refractivity contribution in [2.45, 2.75) is 6.36 Å². The van der Waals surface area contributed by atoms with E-state index in [4.69, 9.17) is 0 Å². The minimum absolute atomic E-state index is 0.108. The molecule has 88 valence electrons. The third-order valence-corrected chi connectivity index (χ3v) is 2.11. The Bertz CT molecular complexity index is 403. The van der Waals surface area contributed by atoms with E-state index < -0.39 is 23.7 Å². The van der Waals surface area contributed by atoms with Crippen molar-refractivity contribution in [3.8, 4) is 5.75 Å². The Morgan fingerprint density at radius 2 is 2.00 bits per heavy atom. The molecule has 0 amide bonds. The standard InChI is InChI=1S/C9H5BrF4O2/c10-4-8(15)6-2-1-5(3-7(6)11)16-9(12,13)14/h1-3H,4H2. The third kappa shape index (κ3) is 3.48. The monoisotopic (exact) mass is 300 g/mol. The zero-order valence-corrected chi connectivity index (χ0v) is 9.23. The first kappa shape index (κ1) is 13.0. The Balaban J connectivity index is 2.96. The number of alkyl halides is 4. The van der Waals surface area contributed by atoms with Crippen LogP contribution in [0.4, 0.5) is 17.6 Å². The van der Waals surface area contributed by atoms with E-state index >= 15 is 0 Å². The van der Waals surface area contributed by atoms with Gasteiger partial charge in [-0.1, -0.05) is 15.9 Å². The van der Waals surface area contributed by atoms with E-state index in [1.165, 1.54) is 0 Å². The molecule has 0 saturated heterocycles. The van der Waals surface area contributed by atoms with Gasteiger partial charge in [0.2, 0.25) is 0 Å². The van der Waals surface area contributed by atoms with Crippen molar-refractivity contribution in [1.29, 1.82) is 0 Å². The van der Waals surface area contributed by atoms with Crippen LogP contribution in [0.1, 0.15) is 10.4 Å². The molecule has 2 nitrogen and oxygen atoms in total. The summed E-state index contributed by atoms with van der Waals surface area (Å²) in [4.78, 5) is 11.1. The second-order valence-electron chi connectivity index (χ2n) is 2.75. The van der Waals surface area contributed by atoms with Crippen LogP contribution >= 0.6 is 15.9 Å². The maximum Gasteiger partial charge on any atom is 0.573 e. The van der Waals surface area contributed by atoms with Gasteiger partial charge >= 0.3 is 6.36 Å². The molecular weight excluding hydrogens is 296 g/mol. The summed E-state index contributed by atoms with van der Waals surface area (Å²) in [6, 6.07) is 2.34. The highest BCUT2D eigenvalue weighted by molar-refractivity contribution is 9.09. The number of hydrogen-bond donors (Lipinski definition) is 0. The SMILES string of the molecule is O=C(CBr)c1ccc(OC(F)(F)F)cc1F. The van der Waals surface area contributed by atoms with E-state index in [0.29, 0.717) is 6.07 Å². The van der Waals surface area contributed by atoms with Crippen LogP contribution in [0, 0.1) is 5.82 Å². The molecule has 0 unspecified atom stereocenters. The van der Waals surface area contributed by atoms with Crippen molar-refractivity contribution < 1.29 is 27.1 Å². The maximum atomic E-state index is 13.2. The van der Waals surface area contributed by atoms with Crippen LogP contribution in [-0.4, -0.2) is 17.5 Å². The minimum atomic E-state index is -4.88. The number of ether oxygens (including phenoxy) is 1. The van der Waals surface area contributed by atoms with Crippen LogP contribution in [0.2, 0.25) is 0 Å². The lowest BCUT2D eigenvalue weighted by Crippen LogP contribution is -2.17. The normalized spacial score (nSPS) is 11.3. The fourth-order valence-electron chi connectivity index (χ4n) is 0.991. The fourth-order valence-corrected chi connectivity index (χ4v) is 1.29. The Labute approximate surface area is 96.3 Å². The fraction of sp³-hybridized carbons (Fsp3) is 0.222. The predicted octanol–water partition coefficient (Wildman–Crippen LogP) is 3.30. The molecule has 0 N–H and O–H groups in total. The van der Waals surface area contributed by atoms with Gasteiger partial charge in [0, 0.05) is 6.07 Å². The highest BCUT2D eigenvalue weighted by Gasteiger charge is 2.31. The van der Waals surface area contributed by atoms with Gasteiger partial charge in [-0.2, -0.15) is 0 Å². The van der Waals surface area contributed by atoms with Gasteiger partial charge in [0.25, 0.3) is 0 Å². The van der Waals surface area contributed by atoms with E-state index in [-0.39, 0.29) is 10.9 Å². The largest absolute Gasteiger partial charge is 0.573 e. The van der Waals surface area contributed by atoms with Crippen molar-refractivity contribution in [2.75, 3.05) is 5.33 Å². The zero-order chi connectivity index (χ0) is 12.3. The molecule has 0 fully saturated rings. The molecule has 0 aliphatic heterocycles. The molecule has 1 rings (SSSR count). The maximum absolute atomic E-state index is 13.2.